The summed E-state index contributed by atoms with van der Waals surface area (Å²) in [5.41, 5.74) is 1.27. The van der Waals surface area contributed by atoms with Crippen molar-refractivity contribution in [1.29, 1.82) is 0 Å². The predicted octanol–water partition coefficient (Wildman–Crippen LogP) is 4.26. The SMILES string of the molecule is CCC(CC)N1CCc2ccc(C(F)(F)F)cc21. The summed E-state index contributed by atoms with van der Waals surface area (Å²) < 4.78 is 38.2. The lowest BCUT2D eigenvalue weighted by atomic mass is 10.1. The molecule has 0 aromatic heterocycles. The predicted molar refractivity (Wildman–Crippen MR) is 66.9 cm³/mol. The summed E-state index contributed by atoms with van der Waals surface area (Å²) in [5.74, 6) is 0. The Balaban J connectivity index is 2.36. The van der Waals surface area contributed by atoms with Gasteiger partial charge in [-0.2, -0.15) is 13.2 Å². The highest BCUT2D eigenvalue weighted by Gasteiger charge is 2.33. The van der Waals surface area contributed by atoms with E-state index in [0.717, 1.165) is 37.1 Å². The van der Waals surface area contributed by atoms with Crippen LogP contribution in [0.1, 0.15) is 37.8 Å². The van der Waals surface area contributed by atoms with Crippen LogP contribution in [0.15, 0.2) is 18.2 Å². The van der Waals surface area contributed by atoms with Gasteiger partial charge in [0.25, 0.3) is 0 Å². The molecule has 1 aliphatic rings. The van der Waals surface area contributed by atoms with Gasteiger partial charge in [0.1, 0.15) is 0 Å². The van der Waals surface area contributed by atoms with Gasteiger partial charge in [-0.25, -0.2) is 0 Å². The lowest BCUT2D eigenvalue weighted by Crippen LogP contribution is -2.32. The second-order valence-corrected chi connectivity index (χ2v) is 4.75. The standard InChI is InChI=1S/C14H18F3N/c1-3-12(4-2)18-8-7-10-5-6-11(9-13(10)18)14(15,16)17/h5-6,9,12H,3-4,7-8H2,1-2H3. The van der Waals surface area contributed by atoms with Crippen LogP contribution in [0.25, 0.3) is 0 Å². The van der Waals surface area contributed by atoms with E-state index in [0.29, 0.717) is 6.04 Å². The number of fused-ring (bicyclic) bond motifs is 1. The van der Waals surface area contributed by atoms with E-state index < -0.39 is 11.7 Å². The molecule has 0 amide bonds. The van der Waals surface area contributed by atoms with Crippen LogP contribution >= 0.6 is 0 Å². The molecule has 1 aromatic rings. The molecule has 2 rings (SSSR count). The maximum absolute atomic E-state index is 12.7. The quantitative estimate of drug-likeness (QED) is 0.782. The van der Waals surface area contributed by atoms with Crippen LogP contribution in [0, 0.1) is 0 Å². The van der Waals surface area contributed by atoms with E-state index >= 15 is 0 Å². The molecule has 0 fully saturated rings. The van der Waals surface area contributed by atoms with Gasteiger partial charge in [0.2, 0.25) is 0 Å². The second kappa shape index (κ2) is 4.82. The highest BCUT2D eigenvalue weighted by atomic mass is 19.4. The second-order valence-electron chi connectivity index (χ2n) is 4.75. The molecule has 4 heteroatoms. The Morgan fingerprint density at radius 1 is 1.22 bits per heavy atom. The molecule has 0 unspecified atom stereocenters. The Labute approximate surface area is 106 Å². The van der Waals surface area contributed by atoms with Gasteiger partial charge in [-0.15, -0.1) is 0 Å². The van der Waals surface area contributed by atoms with Gasteiger partial charge >= 0.3 is 6.18 Å². The van der Waals surface area contributed by atoms with Crippen molar-refractivity contribution >= 4 is 5.69 Å². The van der Waals surface area contributed by atoms with E-state index in [2.05, 4.69) is 18.7 Å². The fraction of sp³-hybridized carbons (Fsp3) is 0.571. The Hall–Kier alpha value is -1.19. The molecular formula is C14H18F3N. The average molecular weight is 257 g/mol. The number of halogens is 3. The largest absolute Gasteiger partial charge is 0.416 e. The van der Waals surface area contributed by atoms with E-state index in [1.54, 1.807) is 6.07 Å². The summed E-state index contributed by atoms with van der Waals surface area (Å²) in [6.45, 7) is 5.00. The maximum Gasteiger partial charge on any atom is 0.416 e. The summed E-state index contributed by atoms with van der Waals surface area (Å²) in [5, 5.41) is 0. The third-order valence-electron chi connectivity index (χ3n) is 3.73. The molecule has 0 N–H and O–H groups in total. The molecule has 18 heavy (non-hydrogen) atoms. The van der Waals surface area contributed by atoms with Crippen LogP contribution in [0.3, 0.4) is 0 Å². The molecule has 0 atom stereocenters. The molecule has 0 aliphatic carbocycles. The molecular weight excluding hydrogens is 239 g/mol. The third kappa shape index (κ3) is 2.33. The van der Waals surface area contributed by atoms with E-state index in [4.69, 9.17) is 0 Å². The smallest absolute Gasteiger partial charge is 0.368 e. The number of benzene rings is 1. The summed E-state index contributed by atoms with van der Waals surface area (Å²) in [4.78, 5) is 2.13. The third-order valence-corrected chi connectivity index (χ3v) is 3.73. The number of alkyl halides is 3. The van der Waals surface area contributed by atoms with Crippen LogP contribution in [0.5, 0.6) is 0 Å². The van der Waals surface area contributed by atoms with Gasteiger partial charge in [-0.1, -0.05) is 19.9 Å². The first-order chi connectivity index (χ1) is 8.47. The first-order valence-corrected chi connectivity index (χ1v) is 6.44. The molecule has 0 saturated heterocycles. The van der Waals surface area contributed by atoms with Gasteiger partial charge in [-0.05, 0) is 37.0 Å². The van der Waals surface area contributed by atoms with Crippen LogP contribution in [-0.4, -0.2) is 12.6 Å². The van der Waals surface area contributed by atoms with Crippen molar-refractivity contribution in [2.24, 2.45) is 0 Å². The molecule has 1 aromatic carbocycles. The Bertz CT molecular complexity index is 422. The highest BCUT2D eigenvalue weighted by Crippen LogP contribution is 2.37. The van der Waals surface area contributed by atoms with Crippen molar-refractivity contribution in [1.82, 2.24) is 0 Å². The minimum Gasteiger partial charge on any atom is -0.368 e. The molecule has 0 radical (unpaired) electrons. The van der Waals surface area contributed by atoms with Crippen LogP contribution in [0.4, 0.5) is 18.9 Å². The Morgan fingerprint density at radius 3 is 2.44 bits per heavy atom. The van der Waals surface area contributed by atoms with Gasteiger partial charge in [0.15, 0.2) is 0 Å². The molecule has 0 saturated carbocycles. The number of anilines is 1. The van der Waals surface area contributed by atoms with Gasteiger partial charge in [0.05, 0.1) is 5.56 Å². The van der Waals surface area contributed by atoms with Crippen molar-refractivity contribution in [3.05, 3.63) is 29.3 Å². The number of hydrogen-bond donors (Lipinski definition) is 0. The highest BCUT2D eigenvalue weighted by molar-refractivity contribution is 5.60. The first kappa shape index (κ1) is 13.2. The van der Waals surface area contributed by atoms with Gasteiger partial charge in [-0.3, -0.25) is 0 Å². The minimum absolute atomic E-state index is 0.342. The van der Waals surface area contributed by atoms with Crippen LogP contribution < -0.4 is 4.90 Å². The molecule has 0 bridgehead atoms. The van der Waals surface area contributed by atoms with Crippen LogP contribution in [-0.2, 0) is 12.6 Å². The van der Waals surface area contributed by atoms with E-state index in [-0.39, 0.29) is 0 Å². The normalized spacial score (nSPS) is 15.3. The minimum atomic E-state index is -4.25. The topological polar surface area (TPSA) is 3.24 Å². The fourth-order valence-corrected chi connectivity index (χ4v) is 2.69. The van der Waals surface area contributed by atoms with Crippen molar-refractivity contribution in [3.8, 4) is 0 Å². The molecule has 1 heterocycles. The van der Waals surface area contributed by atoms with Crippen LogP contribution in [0.2, 0.25) is 0 Å². The van der Waals surface area contributed by atoms with Gasteiger partial charge in [0, 0.05) is 18.3 Å². The number of hydrogen-bond acceptors (Lipinski definition) is 1. The van der Waals surface area contributed by atoms with Crippen molar-refractivity contribution in [2.45, 2.75) is 45.3 Å². The Morgan fingerprint density at radius 2 is 1.89 bits per heavy atom. The summed E-state index contributed by atoms with van der Waals surface area (Å²) in [6, 6.07) is 4.46. The van der Waals surface area contributed by atoms with Crippen molar-refractivity contribution < 1.29 is 13.2 Å². The van der Waals surface area contributed by atoms with E-state index in [1.807, 2.05) is 0 Å². The number of rotatable bonds is 3. The molecule has 1 aliphatic heterocycles. The lowest BCUT2D eigenvalue weighted by Gasteiger charge is -2.29. The van der Waals surface area contributed by atoms with Crippen molar-refractivity contribution in [2.75, 3.05) is 11.4 Å². The Kier molecular flexibility index (Phi) is 3.55. The number of nitrogens with zero attached hydrogens (tertiary/aromatic N) is 1. The van der Waals surface area contributed by atoms with E-state index in [9.17, 15) is 13.2 Å². The zero-order valence-corrected chi connectivity index (χ0v) is 10.7. The average Bonchev–Trinajstić information content (AvgIpc) is 2.73. The molecule has 100 valence electrons. The zero-order valence-electron chi connectivity index (χ0n) is 10.7. The lowest BCUT2D eigenvalue weighted by molar-refractivity contribution is -0.137. The maximum atomic E-state index is 12.7. The molecule has 0 spiro atoms. The zero-order chi connectivity index (χ0) is 13.3. The summed E-state index contributed by atoms with van der Waals surface area (Å²) in [7, 11) is 0. The molecule has 1 nitrogen and oxygen atoms in total. The van der Waals surface area contributed by atoms with Gasteiger partial charge < -0.3 is 4.90 Å². The fourth-order valence-electron chi connectivity index (χ4n) is 2.69. The summed E-state index contributed by atoms with van der Waals surface area (Å²) >= 11 is 0. The van der Waals surface area contributed by atoms with E-state index in [1.165, 1.54) is 12.1 Å². The van der Waals surface area contributed by atoms with Crippen molar-refractivity contribution in [3.63, 3.8) is 0 Å². The monoisotopic (exact) mass is 257 g/mol. The first-order valence-electron chi connectivity index (χ1n) is 6.44. The summed E-state index contributed by atoms with van der Waals surface area (Å²) in [6.07, 6.45) is -1.47.